The van der Waals surface area contributed by atoms with Crippen LogP contribution in [0.25, 0.3) is 0 Å². The molecule has 0 aromatic carbocycles. The molecule has 0 spiro atoms. The maximum Gasteiger partial charge on any atom is 0.239 e. The summed E-state index contributed by atoms with van der Waals surface area (Å²) in [6.07, 6.45) is 4.22. The quantitative estimate of drug-likeness (QED) is 0.823. The van der Waals surface area contributed by atoms with Gasteiger partial charge >= 0.3 is 0 Å². The second-order valence-corrected chi connectivity index (χ2v) is 5.45. The number of rotatable bonds is 3. The van der Waals surface area contributed by atoms with Gasteiger partial charge in [0.05, 0.1) is 31.2 Å². The summed E-state index contributed by atoms with van der Waals surface area (Å²) in [5.74, 6) is 0.180. The standard InChI is InChI=1S/C14H23N3O2/c1-11(14(18)17-6-8-19-9-7-17)16-13-5-3-2-4-12(13)10-15/h11-13,16H,2-9H2,1H3. The number of nitriles is 1. The zero-order valence-corrected chi connectivity index (χ0v) is 11.6. The highest BCUT2D eigenvalue weighted by atomic mass is 16.5. The van der Waals surface area contributed by atoms with E-state index in [1.165, 1.54) is 0 Å². The van der Waals surface area contributed by atoms with E-state index < -0.39 is 0 Å². The van der Waals surface area contributed by atoms with Crippen LogP contribution >= 0.6 is 0 Å². The fraction of sp³-hybridized carbons (Fsp3) is 0.857. The molecule has 3 atom stereocenters. The third-order valence-electron chi connectivity index (χ3n) is 4.09. The van der Waals surface area contributed by atoms with Crippen LogP contribution in [0.4, 0.5) is 0 Å². The van der Waals surface area contributed by atoms with Crippen molar-refractivity contribution in [3.8, 4) is 6.07 Å². The van der Waals surface area contributed by atoms with Crippen molar-refractivity contribution in [2.75, 3.05) is 26.3 Å². The Balaban J connectivity index is 1.86. The minimum Gasteiger partial charge on any atom is -0.378 e. The zero-order chi connectivity index (χ0) is 13.7. The predicted octanol–water partition coefficient (Wildman–Crippen LogP) is 0.906. The summed E-state index contributed by atoms with van der Waals surface area (Å²) in [5.41, 5.74) is 0. The molecule has 0 aromatic rings. The monoisotopic (exact) mass is 265 g/mol. The van der Waals surface area contributed by atoms with Gasteiger partial charge in [0.2, 0.25) is 5.91 Å². The van der Waals surface area contributed by atoms with Crippen LogP contribution in [0.3, 0.4) is 0 Å². The Morgan fingerprint density at radius 2 is 2.05 bits per heavy atom. The SMILES string of the molecule is CC(NC1CCCCC1C#N)C(=O)N1CCOCC1. The van der Waals surface area contributed by atoms with Gasteiger partial charge in [-0.25, -0.2) is 0 Å². The molecular weight excluding hydrogens is 242 g/mol. The predicted molar refractivity (Wildman–Crippen MR) is 71.4 cm³/mol. The van der Waals surface area contributed by atoms with Gasteiger partial charge in [-0.05, 0) is 19.8 Å². The van der Waals surface area contributed by atoms with Gasteiger partial charge in [-0.1, -0.05) is 12.8 Å². The number of ether oxygens (including phenoxy) is 1. The Morgan fingerprint density at radius 3 is 2.74 bits per heavy atom. The lowest BCUT2D eigenvalue weighted by Gasteiger charge is -2.33. The van der Waals surface area contributed by atoms with Crippen molar-refractivity contribution >= 4 is 5.91 Å². The van der Waals surface area contributed by atoms with Crippen molar-refractivity contribution in [2.24, 2.45) is 5.92 Å². The molecule has 3 unspecified atom stereocenters. The lowest BCUT2D eigenvalue weighted by atomic mass is 9.85. The van der Waals surface area contributed by atoms with Crippen molar-refractivity contribution in [3.05, 3.63) is 0 Å². The van der Waals surface area contributed by atoms with E-state index in [4.69, 9.17) is 10.00 Å². The van der Waals surface area contributed by atoms with Crippen LogP contribution in [0, 0.1) is 17.2 Å². The number of hydrogen-bond donors (Lipinski definition) is 1. The van der Waals surface area contributed by atoms with Crippen molar-refractivity contribution in [1.82, 2.24) is 10.2 Å². The van der Waals surface area contributed by atoms with Crippen LogP contribution < -0.4 is 5.32 Å². The number of morpholine rings is 1. The Labute approximate surface area is 114 Å². The Bertz CT molecular complexity index is 347. The lowest BCUT2D eigenvalue weighted by molar-refractivity contribution is -0.137. The number of nitrogens with zero attached hydrogens (tertiary/aromatic N) is 2. The first-order valence-corrected chi connectivity index (χ1v) is 7.24. The fourth-order valence-electron chi connectivity index (χ4n) is 2.93. The molecule has 0 aromatic heterocycles. The van der Waals surface area contributed by atoms with E-state index in [0.717, 1.165) is 25.7 Å². The molecule has 19 heavy (non-hydrogen) atoms. The smallest absolute Gasteiger partial charge is 0.239 e. The summed E-state index contributed by atoms with van der Waals surface area (Å²) in [6, 6.07) is 2.32. The van der Waals surface area contributed by atoms with Gasteiger partial charge in [0.25, 0.3) is 0 Å². The molecule has 1 heterocycles. The molecule has 1 aliphatic heterocycles. The summed E-state index contributed by atoms with van der Waals surface area (Å²) in [6.45, 7) is 4.51. The van der Waals surface area contributed by atoms with Crippen molar-refractivity contribution in [2.45, 2.75) is 44.7 Å². The second kappa shape index (κ2) is 6.88. The Hall–Kier alpha value is -1.12. The third kappa shape index (κ3) is 3.68. The van der Waals surface area contributed by atoms with Gasteiger partial charge in [0.1, 0.15) is 0 Å². The molecule has 1 saturated heterocycles. The Morgan fingerprint density at radius 1 is 1.37 bits per heavy atom. The first kappa shape index (κ1) is 14.3. The molecule has 2 aliphatic rings. The van der Waals surface area contributed by atoms with Gasteiger partial charge in [-0.2, -0.15) is 5.26 Å². The Kier molecular flexibility index (Phi) is 5.17. The highest BCUT2D eigenvalue weighted by Gasteiger charge is 2.29. The lowest BCUT2D eigenvalue weighted by Crippen LogP contribution is -2.53. The summed E-state index contributed by atoms with van der Waals surface area (Å²) < 4.78 is 5.26. The molecular formula is C14H23N3O2. The van der Waals surface area contributed by atoms with Gasteiger partial charge < -0.3 is 15.0 Å². The number of carbonyl (C=O) groups excluding carboxylic acids is 1. The van der Waals surface area contributed by atoms with Crippen molar-refractivity contribution in [3.63, 3.8) is 0 Å². The van der Waals surface area contributed by atoms with E-state index >= 15 is 0 Å². The third-order valence-corrected chi connectivity index (χ3v) is 4.09. The fourth-order valence-corrected chi connectivity index (χ4v) is 2.93. The molecule has 0 bridgehead atoms. The van der Waals surface area contributed by atoms with Gasteiger partial charge in [-0.15, -0.1) is 0 Å². The average molecular weight is 265 g/mol. The van der Waals surface area contributed by atoms with Crippen molar-refractivity contribution < 1.29 is 9.53 Å². The zero-order valence-electron chi connectivity index (χ0n) is 11.6. The summed E-state index contributed by atoms with van der Waals surface area (Å²) >= 11 is 0. The first-order valence-electron chi connectivity index (χ1n) is 7.24. The molecule has 2 rings (SSSR count). The second-order valence-electron chi connectivity index (χ2n) is 5.45. The van der Waals surface area contributed by atoms with Crippen LogP contribution in [0.15, 0.2) is 0 Å². The van der Waals surface area contributed by atoms with E-state index in [2.05, 4.69) is 11.4 Å². The van der Waals surface area contributed by atoms with Gasteiger partial charge in [0, 0.05) is 19.1 Å². The molecule has 2 fully saturated rings. The largest absolute Gasteiger partial charge is 0.378 e. The number of nitrogens with one attached hydrogen (secondary N) is 1. The van der Waals surface area contributed by atoms with Crippen LogP contribution in [0.5, 0.6) is 0 Å². The van der Waals surface area contributed by atoms with E-state index in [9.17, 15) is 4.79 Å². The van der Waals surface area contributed by atoms with Gasteiger partial charge in [0.15, 0.2) is 0 Å². The molecule has 1 aliphatic carbocycles. The number of amides is 1. The summed E-state index contributed by atoms with van der Waals surface area (Å²) in [5, 5.41) is 12.5. The van der Waals surface area contributed by atoms with Crippen LogP contribution in [-0.4, -0.2) is 49.2 Å². The van der Waals surface area contributed by atoms with E-state index in [-0.39, 0.29) is 23.9 Å². The topological polar surface area (TPSA) is 65.4 Å². The highest BCUT2D eigenvalue weighted by molar-refractivity contribution is 5.81. The first-order chi connectivity index (χ1) is 9.22. The summed E-state index contributed by atoms with van der Waals surface area (Å²) in [4.78, 5) is 14.1. The minimum atomic E-state index is -0.211. The van der Waals surface area contributed by atoms with E-state index in [0.29, 0.717) is 26.3 Å². The average Bonchev–Trinajstić information content (AvgIpc) is 2.48. The van der Waals surface area contributed by atoms with Crippen LogP contribution in [0.2, 0.25) is 0 Å². The molecule has 1 saturated carbocycles. The van der Waals surface area contributed by atoms with Gasteiger partial charge in [-0.3, -0.25) is 4.79 Å². The molecule has 106 valence electrons. The van der Waals surface area contributed by atoms with E-state index in [1.807, 2.05) is 11.8 Å². The molecule has 5 nitrogen and oxygen atoms in total. The summed E-state index contributed by atoms with van der Waals surface area (Å²) in [7, 11) is 0. The highest BCUT2D eigenvalue weighted by Crippen LogP contribution is 2.24. The van der Waals surface area contributed by atoms with E-state index in [1.54, 1.807) is 0 Å². The normalized spacial score (nSPS) is 29.6. The molecule has 1 amide bonds. The van der Waals surface area contributed by atoms with Crippen LogP contribution in [0.1, 0.15) is 32.6 Å². The van der Waals surface area contributed by atoms with Crippen molar-refractivity contribution in [1.29, 1.82) is 5.26 Å². The number of hydrogen-bond acceptors (Lipinski definition) is 4. The minimum absolute atomic E-state index is 0.0497. The van der Waals surface area contributed by atoms with Crippen LogP contribution in [-0.2, 0) is 9.53 Å². The molecule has 0 radical (unpaired) electrons. The maximum atomic E-state index is 12.3. The number of carbonyl (C=O) groups is 1. The maximum absolute atomic E-state index is 12.3. The molecule has 5 heteroatoms. The molecule has 1 N–H and O–H groups in total.